The SMILES string of the molecule is CCC(C(=O)O)N(C)CCN1CC(C(=O)Nc2ccc(C)nc2OC(F)F)(c2ccccc2C(C)C)C1. The lowest BCUT2D eigenvalue weighted by molar-refractivity contribution is -0.143. The molecule has 0 saturated carbocycles. The monoisotopic (exact) mass is 518 g/mol. The molecule has 1 aromatic heterocycles. The maximum absolute atomic E-state index is 13.8. The summed E-state index contributed by atoms with van der Waals surface area (Å²) in [4.78, 5) is 33.3. The lowest BCUT2D eigenvalue weighted by Crippen LogP contribution is -2.66. The van der Waals surface area contributed by atoms with Crippen molar-refractivity contribution in [2.24, 2.45) is 0 Å². The van der Waals surface area contributed by atoms with Gasteiger partial charge in [-0.3, -0.25) is 19.4 Å². The summed E-state index contributed by atoms with van der Waals surface area (Å²) < 4.78 is 30.6. The molecule has 2 aromatic rings. The van der Waals surface area contributed by atoms with Crippen LogP contribution in [0.25, 0.3) is 0 Å². The largest absolute Gasteiger partial charge is 0.480 e. The van der Waals surface area contributed by atoms with E-state index >= 15 is 0 Å². The number of rotatable bonds is 12. The molecule has 1 amide bonds. The molecule has 0 spiro atoms. The van der Waals surface area contributed by atoms with Crippen LogP contribution in [0, 0.1) is 6.92 Å². The second-order valence-corrected chi connectivity index (χ2v) is 9.92. The van der Waals surface area contributed by atoms with Gasteiger partial charge in [0.15, 0.2) is 0 Å². The lowest BCUT2D eigenvalue weighted by Gasteiger charge is -2.50. The molecule has 2 N–H and O–H groups in total. The molecule has 1 saturated heterocycles. The third-order valence-electron chi connectivity index (χ3n) is 6.94. The zero-order valence-electron chi connectivity index (χ0n) is 22.0. The normalized spacial score (nSPS) is 16.1. The first-order chi connectivity index (χ1) is 17.5. The first-order valence-electron chi connectivity index (χ1n) is 12.5. The average Bonchev–Trinajstić information content (AvgIpc) is 2.80. The van der Waals surface area contributed by atoms with Crippen LogP contribution in [0.3, 0.4) is 0 Å². The fraction of sp³-hybridized carbons (Fsp3) is 0.519. The van der Waals surface area contributed by atoms with Crippen molar-refractivity contribution in [3.05, 3.63) is 53.2 Å². The quantitative estimate of drug-likeness (QED) is 0.437. The molecule has 0 bridgehead atoms. The first-order valence-corrected chi connectivity index (χ1v) is 12.5. The molecule has 0 aliphatic carbocycles. The summed E-state index contributed by atoms with van der Waals surface area (Å²) >= 11 is 0. The number of nitrogens with one attached hydrogen (secondary N) is 1. The van der Waals surface area contributed by atoms with Gasteiger partial charge in [-0.25, -0.2) is 4.98 Å². The van der Waals surface area contributed by atoms with Gasteiger partial charge in [-0.1, -0.05) is 45.0 Å². The number of anilines is 1. The van der Waals surface area contributed by atoms with Crippen LogP contribution in [-0.2, 0) is 15.0 Å². The molecule has 2 heterocycles. The number of ether oxygens (including phenoxy) is 1. The number of alkyl halides is 2. The highest BCUT2D eigenvalue weighted by Crippen LogP contribution is 2.40. The maximum Gasteiger partial charge on any atom is 0.388 e. The number of likely N-dealkylation sites (tertiary alicyclic amines) is 1. The van der Waals surface area contributed by atoms with Gasteiger partial charge in [0.25, 0.3) is 0 Å². The molecule has 1 aliphatic heterocycles. The van der Waals surface area contributed by atoms with E-state index in [1.54, 1.807) is 24.9 Å². The minimum absolute atomic E-state index is 0.0859. The number of hydrogen-bond acceptors (Lipinski definition) is 6. The second kappa shape index (κ2) is 12.0. The fourth-order valence-electron chi connectivity index (χ4n) is 4.92. The van der Waals surface area contributed by atoms with Crippen LogP contribution < -0.4 is 10.1 Å². The van der Waals surface area contributed by atoms with E-state index in [9.17, 15) is 23.5 Å². The molecule has 1 atom stereocenters. The number of carboxylic acid groups (broad SMARTS) is 1. The van der Waals surface area contributed by atoms with Gasteiger partial charge >= 0.3 is 12.6 Å². The number of benzene rings is 1. The molecule has 0 radical (unpaired) electrons. The van der Waals surface area contributed by atoms with E-state index in [0.717, 1.165) is 11.1 Å². The number of carboxylic acids is 1. The van der Waals surface area contributed by atoms with Crippen LogP contribution >= 0.6 is 0 Å². The summed E-state index contributed by atoms with van der Waals surface area (Å²) in [7, 11) is 1.78. The van der Waals surface area contributed by atoms with E-state index in [0.29, 0.717) is 38.3 Å². The van der Waals surface area contributed by atoms with Crippen LogP contribution in [0.4, 0.5) is 14.5 Å². The van der Waals surface area contributed by atoms with Gasteiger partial charge in [0, 0.05) is 31.9 Å². The summed E-state index contributed by atoms with van der Waals surface area (Å²) in [5, 5.41) is 12.2. The summed E-state index contributed by atoms with van der Waals surface area (Å²) in [6.45, 7) is 6.47. The van der Waals surface area contributed by atoms with Gasteiger partial charge in [-0.2, -0.15) is 8.78 Å². The molecule has 1 aromatic carbocycles. The van der Waals surface area contributed by atoms with E-state index in [1.165, 1.54) is 6.07 Å². The Morgan fingerprint density at radius 3 is 2.49 bits per heavy atom. The molecule has 3 rings (SSSR count). The fourth-order valence-corrected chi connectivity index (χ4v) is 4.92. The number of nitrogens with zero attached hydrogens (tertiary/aromatic N) is 3. The molecule has 1 aliphatic rings. The Balaban J connectivity index is 1.87. The van der Waals surface area contributed by atoms with Crippen molar-refractivity contribution in [3.63, 3.8) is 0 Å². The predicted molar refractivity (Wildman–Crippen MR) is 137 cm³/mol. The Labute approximate surface area is 216 Å². The van der Waals surface area contributed by atoms with Gasteiger partial charge in [0.05, 0.1) is 5.41 Å². The lowest BCUT2D eigenvalue weighted by atomic mass is 9.69. The van der Waals surface area contributed by atoms with Crippen molar-refractivity contribution in [3.8, 4) is 5.88 Å². The number of aromatic nitrogens is 1. The summed E-state index contributed by atoms with van der Waals surface area (Å²) in [6, 6.07) is 10.3. The Bertz CT molecular complexity index is 1110. The van der Waals surface area contributed by atoms with Gasteiger partial charge in [-0.15, -0.1) is 0 Å². The number of carbonyl (C=O) groups is 2. The molecule has 10 heteroatoms. The average molecular weight is 519 g/mol. The molecule has 202 valence electrons. The minimum Gasteiger partial charge on any atom is -0.480 e. The van der Waals surface area contributed by atoms with Gasteiger partial charge in [0.2, 0.25) is 11.8 Å². The topological polar surface area (TPSA) is 95.0 Å². The van der Waals surface area contributed by atoms with E-state index in [4.69, 9.17) is 0 Å². The number of aliphatic carboxylic acids is 1. The van der Waals surface area contributed by atoms with Gasteiger partial charge < -0.3 is 15.2 Å². The number of aryl methyl sites for hydroxylation is 1. The predicted octanol–water partition coefficient (Wildman–Crippen LogP) is 4.10. The van der Waals surface area contributed by atoms with E-state index < -0.39 is 24.0 Å². The molecule has 1 unspecified atom stereocenters. The van der Waals surface area contributed by atoms with E-state index in [-0.39, 0.29) is 23.4 Å². The van der Waals surface area contributed by atoms with Crippen LogP contribution in [0.5, 0.6) is 5.88 Å². The standard InChI is InChI=1S/C27H36F2N4O4/c1-6-22(24(34)35)32(5)13-14-33-15-27(16-33,20-10-8-7-9-19(20)17(2)3)25(36)31-21-12-11-18(4)30-23(21)37-26(28)29/h7-12,17,22,26H,6,13-16H2,1-5H3,(H,31,36)(H,34,35). The van der Waals surface area contributed by atoms with Crippen molar-refractivity contribution >= 4 is 17.6 Å². The number of hydrogen-bond donors (Lipinski definition) is 2. The third-order valence-corrected chi connectivity index (χ3v) is 6.94. The zero-order chi connectivity index (χ0) is 27.3. The molecular weight excluding hydrogens is 482 g/mol. The number of pyridine rings is 1. The van der Waals surface area contributed by atoms with Gasteiger partial charge in [0.1, 0.15) is 11.7 Å². The van der Waals surface area contributed by atoms with Crippen LogP contribution in [-0.4, -0.2) is 77.6 Å². The number of likely N-dealkylation sites (N-methyl/N-ethyl adjacent to an activating group) is 1. The second-order valence-electron chi connectivity index (χ2n) is 9.92. The summed E-state index contributed by atoms with van der Waals surface area (Å²) in [6.07, 6.45) is 0.494. The third kappa shape index (κ3) is 6.42. The maximum atomic E-state index is 13.8. The number of amides is 1. The van der Waals surface area contributed by atoms with Gasteiger partial charge in [-0.05, 0) is 49.6 Å². The zero-order valence-corrected chi connectivity index (χ0v) is 22.0. The highest BCUT2D eigenvalue weighted by atomic mass is 19.3. The Kier molecular flexibility index (Phi) is 9.20. The Morgan fingerprint density at radius 1 is 1.22 bits per heavy atom. The van der Waals surface area contributed by atoms with Crippen molar-refractivity contribution in [2.75, 3.05) is 38.5 Å². The molecular formula is C27H36F2N4O4. The molecule has 8 nitrogen and oxygen atoms in total. The Morgan fingerprint density at radius 2 is 1.89 bits per heavy atom. The van der Waals surface area contributed by atoms with E-state index in [1.807, 2.05) is 31.2 Å². The van der Waals surface area contributed by atoms with Crippen LogP contribution in [0.1, 0.15) is 49.9 Å². The van der Waals surface area contributed by atoms with Crippen molar-refractivity contribution < 1.29 is 28.2 Å². The van der Waals surface area contributed by atoms with Crippen molar-refractivity contribution in [1.29, 1.82) is 0 Å². The Hall–Kier alpha value is -3.11. The number of halogens is 2. The summed E-state index contributed by atoms with van der Waals surface area (Å²) in [5.74, 6) is -1.35. The van der Waals surface area contributed by atoms with E-state index in [2.05, 4.69) is 33.8 Å². The van der Waals surface area contributed by atoms with Crippen molar-refractivity contribution in [1.82, 2.24) is 14.8 Å². The first kappa shape index (κ1) is 28.5. The van der Waals surface area contributed by atoms with Crippen molar-refractivity contribution in [2.45, 2.75) is 58.1 Å². The molecule has 1 fully saturated rings. The highest BCUT2D eigenvalue weighted by molar-refractivity contribution is 6.01. The summed E-state index contributed by atoms with van der Waals surface area (Å²) in [5.41, 5.74) is 1.59. The minimum atomic E-state index is -3.07. The van der Waals surface area contributed by atoms with Crippen LogP contribution in [0.2, 0.25) is 0 Å². The molecule has 37 heavy (non-hydrogen) atoms. The smallest absolute Gasteiger partial charge is 0.388 e. The highest BCUT2D eigenvalue weighted by Gasteiger charge is 2.51. The number of carbonyl (C=O) groups excluding carboxylic acids is 1. The van der Waals surface area contributed by atoms with Crippen LogP contribution in [0.15, 0.2) is 36.4 Å².